The van der Waals surface area contributed by atoms with Gasteiger partial charge in [0.15, 0.2) is 0 Å². The average molecular weight is 405 g/mol. The van der Waals surface area contributed by atoms with Crippen LogP contribution >= 0.6 is 0 Å². The summed E-state index contributed by atoms with van der Waals surface area (Å²) in [7, 11) is 0. The van der Waals surface area contributed by atoms with E-state index in [1.165, 1.54) is 11.3 Å². The minimum Gasteiger partial charge on any atom is -0.269 e. The van der Waals surface area contributed by atoms with Gasteiger partial charge in [0.2, 0.25) is 0 Å². The molecule has 0 fully saturated rings. The van der Waals surface area contributed by atoms with Gasteiger partial charge in [-0.1, -0.05) is 53.7 Å². The van der Waals surface area contributed by atoms with Crippen LogP contribution in [0.5, 0.6) is 0 Å². The molecule has 3 aromatic rings. The molecule has 0 aliphatic heterocycles. The lowest BCUT2D eigenvalue weighted by atomic mass is 9.72. The molecule has 160 valence electrons. The zero-order valence-corrected chi connectivity index (χ0v) is 19.4. The van der Waals surface area contributed by atoms with Crippen LogP contribution in [-0.2, 0) is 22.8 Å². The van der Waals surface area contributed by atoms with Crippen molar-refractivity contribution in [2.45, 2.75) is 83.6 Å². The summed E-state index contributed by atoms with van der Waals surface area (Å²) >= 11 is 0. The Morgan fingerprint density at radius 1 is 0.800 bits per heavy atom. The SMILES string of the molecule is CC(C)(C)c1ccnn1CCC(C)(CCC(C)(C)c1cccnc1)c1ccccn1. The fraction of sp³-hybridized carbons (Fsp3) is 0.500. The average Bonchev–Trinajstić information content (AvgIpc) is 3.22. The van der Waals surface area contributed by atoms with E-state index >= 15 is 0 Å². The Bertz CT molecular complexity index is 922. The van der Waals surface area contributed by atoms with Crippen LogP contribution in [0.3, 0.4) is 0 Å². The normalized spacial score (nSPS) is 14.5. The largest absolute Gasteiger partial charge is 0.269 e. The van der Waals surface area contributed by atoms with Gasteiger partial charge >= 0.3 is 0 Å². The second-order valence-electron chi connectivity index (χ2n) is 10.3. The van der Waals surface area contributed by atoms with Crippen LogP contribution in [-0.4, -0.2) is 19.7 Å². The van der Waals surface area contributed by atoms with E-state index in [4.69, 9.17) is 4.98 Å². The summed E-state index contributed by atoms with van der Waals surface area (Å²) in [5.74, 6) is 0. The van der Waals surface area contributed by atoms with Gasteiger partial charge in [-0.15, -0.1) is 0 Å². The Hall–Kier alpha value is -2.49. The molecule has 0 amide bonds. The van der Waals surface area contributed by atoms with Gasteiger partial charge in [-0.2, -0.15) is 5.10 Å². The quantitative estimate of drug-likeness (QED) is 0.457. The van der Waals surface area contributed by atoms with E-state index < -0.39 is 0 Å². The lowest BCUT2D eigenvalue weighted by Gasteiger charge is -2.34. The molecule has 3 aromatic heterocycles. The van der Waals surface area contributed by atoms with Crippen molar-refractivity contribution in [1.29, 1.82) is 0 Å². The van der Waals surface area contributed by atoms with Gasteiger partial charge in [0.05, 0.1) is 0 Å². The molecule has 3 heterocycles. The molecule has 0 aromatic carbocycles. The van der Waals surface area contributed by atoms with Crippen LogP contribution in [0.25, 0.3) is 0 Å². The Morgan fingerprint density at radius 3 is 2.23 bits per heavy atom. The molecule has 0 N–H and O–H groups in total. The number of nitrogens with zero attached hydrogens (tertiary/aromatic N) is 4. The van der Waals surface area contributed by atoms with E-state index in [1.54, 1.807) is 0 Å². The minimum absolute atomic E-state index is 0.0259. The maximum atomic E-state index is 4.75. The smallest absolute Gasteiger partial charge is 0.0492 e. The Kier molecular flexibility index (Phi) is 6.44. The van der Waals surface area contributed by atoms with Crippen molar-refractivity contribution in [3.8, 4) is 0 Å². The van der Waals surface area contributed by atoms with Crippen LogP contribution in [0.15, 0.2) is 61.2 Å². The van der Waals surface area contributed by atoms with Crippen LogP contribution in [0.2, 0.25) is 0 Å². The Balaban J connectivity index is 1.81. The first kappa shape index (κ1) is 22.2. The van der Waals surface area contributed by atoms with Gasteiger partial charge < -0.3 is 0 Å². The molecule has 0 aliphatic carbocycles. The van der Waals surface area contributed by atoms with Crippen molar-refractivity contribution in [3.05, 3.63) is 78.1 Å². The van der Waals surface area contributed by atoms with Gasteiger partial charge in [-0.3, -0.25) is 14.6 Å². The molecule has 0 saturated heterocycles. The highest BCUT2D eigenvalue weighted by Crippen LogP contribution is 2.38. The number of aryl methyl sites for hydroxylation is 1. The van der Waals surface area contributed by atoms with Crippen LogP contribution < -0.4 is 0 Å². The summed E-state index contributed by atoms with van der Waals surface area (Å²) in [5, 5.41) is 4.62. The number of rotatable bonds is 8. The first-order valence-electron chi connectivity index (χ1n) is 11.0. The number of hydrogen-bond acceptors (Lipinski definition) is 3. The predicted molar refractivity (Wildman–Crippen MR) is 124 cm³/mol. The van der Waals surface area contributed by atoms with E-state index in [0.717, 1.165) is 31.5 Å². The first-order chi connectivity index (χ1) is 14.1. The van der Waals surface area contributed by atoms with E-state index in [-0.39, 0.29) is 16.2 Å². The lowest BCUT2D eigenvalue weighted by Crippen LogP contribution is -2.30. The fourth-order valence-corrected chi connectivity index (χ4v) is 4.10. The lowest BCUT2D eigenvalue weighted by molar-refractivity contribution is 0.305. The third-order valence-corrected chi connectivity index (χ3v) is 6.39. The summed E-state index contributed by atoms with van der Waals surface area (Å²) in [4.78, 5) is 9.09. The predicted octanol–water partition coefficient (Wildman–Crippen LogP) is 6.08. The molecule has 0 spiro atoms. The standard InChI is InChI=1S/C26H36N4/c1-24(2,3)23-12-18-29-30(23)19-15-26(6,22-11-7-8-17-28-22)14-13-25(4,5)21-10-9-16-27-20-21/h7-12,16-18,20H,13-15,19H2,1-6H3. The second kappa shape index (κ2) is 8.71. The summed E-state index contributed by atoms with van der Waals surface area (Å²) in [5.41, 5.74) is 3.85. The van der Waals surface area contributed by atoms with Crippen molar-refractivity contribution in [2.24, 2.45) is 0 Å². The van der Waals surface area contributed by atoms with Crippen molar-refractivity contribution in [3.63, 3.8) is 0 Å². The van der Waals surface area contributed by atoms with Crippen LogP contribution in [0.4, 0.5) is 0 Å². The van der Waals surface area contributed by atoms with E-state index in [2.05, 4.69) is 80.6 Å². The molecule has 0 bridgehead atoms. The summed E-state index contributed by atoms with van der Waals surface area (Å²) < 4.78 is 2.17. The minimum atomic E-state index is -0.0259. The van der Waals surface area contributed by atoms with Crippen LogP contribution in [0, 0.1) is 0 Å². The molecule has 0 radical (unpaired) electrons. The maximum Gasteiger partial charge on any atom is 0.0492 e. The van der Waals surface area contributed by atoms with Crippen molar-refractivity contribution in [2.75, 3.05) is 0 Å². The number of hydrogen-bond donors (Lipinski definition) is 0. The molecular formula is C26H36N4. The number of aromatic nitrogens is 4. The zero-order chi connectivity index (χ0) is 21.8. The summed E-state index contributed by atoms with van der Waals surface area (Å²) in [6.45, 7) is 14.6. The second-order valence-corrected chi connectivity index (χ2v) is 10.3. The van der Waals surface area contributed by atoms with Crippen molar-refractivity contribution in [1.82, 2.24) is 19.7 Å². The highest BCUT2D eigenvalue weighted by molar-refractivity contribution is 5.21. The topological polar surface area (TPSA) is 43.6 Å². The molecule has 0 saturated carbocycles. The van der Waals surface area contributed by atoms with Crippen LogP contribution in [0.1, 0.15) is 77.8 Å². The fourth-order valence-electron chi connectivity index (χ4n) is 4.10. The Labute approximate surface area is 181 Å². The van der Waals surface area contributed by atoms with Crippen molar-refractivity contribution >= 4 is 0 Å². The molecule has 1 atom stereocenters. The summed E-state index contributed by atoms with van der Waals surface area (Å²) in [6.07, 6.45) is 10.8. The molecule has 4 nitrogen and oxygen atoms in total. The molecular weight excluding hydrogens is 368 g/mol. The number of pyridine rings is 2. The van der Waals surface area contributed by atoms with Gasteiger partial charge in [0.25, 0.3) is 0 Å². The molecule has 0 aliphatic rings. The van der Waals surface area contributed by atoms with E-state index in [9.17, 15) is 0 Å². The summed E-state index contributed by atoms with van der Waals surface area (Å²) in [6, 6.07) is 12.6. The maximum absolute atomic E-state index is 4.75. The molecule has 3 rings (SSSR count). The van der Waals surface area contributed by atoms with Crippen molar-refractivity contribution < 1.29 is 0 Å². The molecule has 30 heavy (non-hydrogen) atoms. The monoisotopic (exact) mass is 404 g/mol. The van der Waals surface area contributed by atoms with Gasteiger partial charge in [-0.25, -0.2) is 0 Å². The van der Waals surface area contributed by atoms with Gasteiger partial charge in [0, 0.05) is 53.5 Å². The highest BCUT2D eigenvalue weighted by Gasteiger charge is 2.32. The molecule has 4 heteroatoms. The van der Waals surface area contributed by atoms with Gasteiger partial charge in [-0.05, 0) is 54.5 Å². The Morgan fingerprint density at radius 2 is 1.60 bits per heavy atom. The zero-order valence-electron chi connectivity index (χ0n) is 19.4. The first-order valence-corrected chi connectivity index (χ1v) is 11.0. The third kappa shape index (κ3) is 5.16. The van der Waals surface area contributed by atoms with E-state index in [1.807, 2.05) is 36.9 Å². The highest BCUT2D eigenvalue weighted by atomic mass is 15.3. The third-order valence-electron chi connectivity index (χ3n) is 6.39. The molecule has 1 unspecified atom stereocenters. The van der Waals surface area contributed by atoms with E-state index in [0.29, 0.717) is 0 Å². The van der Waals surface area contributed by atoms with Gasteiger partial charge in [0.1, 0.15) is 0 Å².